The van der Waals surface area contributed by atoms with Crippen LogP contribution in [0.15, 0.2) is 12.1 Å². The van der Waals surface area contributed by atoms with Crippen molar-refractivity contribution in [3.8, 4) is 5.75 Å². The molecular formula is C15H16N4O2S2. The molecule has 3 aromatic rings. The predicted molar refractivity (Wildman–Crippen MR) is 92.8 cm³/mol. The zero-order valence-corrected chi connectivity index (χ0v) is 14.7. The molecule has 2 aromatic heterocycles. The van der Waals surface area contributed by atoms with E-state index in [4.69, 9.17) is 4.74 Å². The molecule has 0 saturated heterocycles. The van der Waals surface area contributed by atoms with Gasteiger partial charge in [0.1, 0.15) is 16.1 Å². The van der Waals surface area contributed by atoms with Gasteiger partial charge in [0, 0.05) is 0 Å². The van der Waals surface area contributed by atoms with Gasteiger partial charge in [0.15, 0.2) is 5.13 Å². The Kier molecular flexibility index (Phi) is 4.53. The molecule has 0 aliphatic heterocycles. The van der Waals surface area contributed by atoms with Crippen LogP contribution in [0.1, 0.15) is 34.3 Å². The van der Waals surface area contributed by atoms with Gasteiger partial charge in [-0.2, -0.15) is 0 Å². The molecule has 0 spiro atoms. The molecule has 0 atom stereocenters. The zero-order valence-electron chi connectivity index (χ0n) is 13.0. The van der Waals surface area contributed by atoms with Crippen molar-refractivity contribution in [1.29, 1.82) is 0 Å². The van der Waals surface area contributed by atoms with Gasteiger partial charge in [-0.15, -0.1) is 5.10 Å². The maximum atomic E-state index is 12.4. The number of hydrogen-bond donors (Lipinski definition) is 1. The summed E-state index contributed by atoms with van der Waals surface area (Å²) in [6.07, 6.45) is 1.66. The first kappa shape index (κ1) is 15.8. The highest BCUT2D eigenvalue weighted by Crippen LogP contribution is 2.35. The molecule has 6 nitrogen and oxygen atoms in total. The van der Waals surface area contributed by atoms with Crippen LogP contribution in [0.2, 0.25) is 0 Å². The van der Waals surface area contributed by atoms with Gasteiger partial charge in [0.25, 0.3) is 5.91 Å². The number of nitrogens with zero attached hydrogens (tertiary/aromatic N) is 3. The van der Waals surface area contributed by atoms with Crippen LogP contribution >= 0.6 is 22.9 Å². The number of methoxy groups -OCH3 is 1. The first-order valence-corrected chi connectivity index (χ1v) is 8.79. The Morgan fingerprint density at radius 1 is 1.39 bits per heavy atom. The van der Waals surface area contributed by atoms with E-state index in [9.17, 15) is 4.79 Å². The topological polar surface area (TPSA) is 77.0 Å². The molecule has 8 heteroatoms. The molecule has 0 aliphatic rings. The van der Waals surface area contributed by atoms with Crippen molar-refractivity contribution in [3.63, 3.8) is 0 Å². The van der Waals surface area contributed by atoms with Gasteiger partial charge in [-0.25, -0.2) is 4.98 Å². The Labute approximate surface area is 141 Å². The molecule has 0 saturated carbocycles. The third kappa shape index (κ3) is 3.04. The van der Waals surface area contributed by atoms with Crippen molar-refractivity contribution in [1.82, 2.24) is 14.6 Å². The van der Waals surface area contributed by atoms with E-state index in [1.165, 1.54) is 11.3 Å². The second kappa shape index (κ2) is 6.59. The molecule has 3 rings (SSSR count). The largest absolute Gasteiger partial charge is 0.494 e. The van der Waals surface area contributed by atoms with Crippen molar-refractivity contribution >= 4 is 44.1 Å². The average molecular weight is 348 g/mol. The molecule has 1 N–H and O–H groups in total. The van der Waals surface area contributed by atoms with Gasteiger partial charge in [0.2, 0.25) is 0 Å². The monoisotopic (exact) mass is 348 g/mol. The van der Waals surface area contributed by atoms with E-state index in [0.717, 1.165) is 45.8 Å². The van der Waals surface area contributed by atoms with E-state index in [0.29, 0.717) is 15.8 Å². The highest BCUT2D eigenvalue weighted by molar-refractivity contribution is 7.22. The third-order valence-corrected chi connectivity index (χ3v) is 5.27. The fourth-order valence-electron chi connectivity index (χ4n) is 2.26. The normalized spacial score (nSPS) is 10.9. The number of anilines is 1. The molecule has 1 aromatic carbocycles. The van der Waals surface area contributed by atoms with E-state index in [1.54, 1.807) is 7.11 Å². The minimum atomic E-state index is -0.209. The van der Waals surface area contributed by atoms with Crippen molar-refractivity contribution in [2.24, 2.45) is 0 Å². The number of aryl methyl sites for hydroxylation is 2. The Hall–Kier alpha value is -2.06. The van der Waals surface area contributed by atoms with Gasteiger partial charge >= 0.3 is 0 Å². The lowest BCUT2D eigenvalue weighted by Gasteiger charge is -2.01. The molecule has 0 radical (unpaired) electrons. The molecule has 2 heterocycles. The van der Waals surface area contributed by atoms with E-state index in [1.807, 2.05) is 26.0 Å². The Balaban J connectivity index is 1.91. The quantitative estimate of drug-likeness (QED) is 0.761. The fourth-order valence-corrected chi connectivity index (χ4v) is 3.81. The van der Waals surface area contributed by atoms with Crippen LogP contribution in [0.3, 0.4) is 0 Å². The highest BCUT2D eigenvalue weighted by Gasteiger charge is 2.18. The van der Waals surface area contributed by atoms with Crippen molar-refractivity contribution in [3.05, 3.63) is 28.3 Å². The average Bonchev–Trinajstić information content (AvgIpc) is 3.15. The molecule has 0 fully saturated rings. The van der Waals surface area contributed by atoms with Crippen LogP contribution in [-0.2, 0) is 6.42 Å². The van der Waals surface area contributed by atoms with Crippen LogP contribution < -0.4 is 10.1 Å². The van der Waals surface area contributed by atoms with Gasteiger partial charge < -0.3 is 4.74 Å². The Morgan fingerprint density at radius 2 is 2.22 bits per heavy atom. The number of amides is 1. The highest BCUT2D eigenvalue weighted by atomic mass is 32.1. The van der Waals surface area contributed by atoms with Gasteiger partial charge in [0.05, 0.1) is 17.5 Å². The van der Waals surface area contributed by atoms with Crippen LogP contribution in [0.4, 0.5) is 5.13 Å². The second-order valence-corrected chi connectivity index (χ2v) is 6.79. The number of carbonyl (C=O) groups excluding carboxylic acids is 1. The minimum Gasteiger partial charge on any atom is -0.494 e. The number of carbonyl (C=O) groups is 1. The maximum absolute atomic E-state index is 12.4. The lowest BCUT2D eigenvalue weighted by Crippen LogP contribution is -2.12. The molecule has 0 unspecified atom stereocenters. The lowest BCUT2D eigenvalue weighted by atomic mass is 10.2. The third-order valence-electron chi connectivity index (χ3n) is 3.39. The number of nitrogens with one attached hydrogen (secondary N) is 1. The first-order chi connectivity index (χ1) is 11.1. The van der Waals surface area contributed by atoms with Crippen LogP contribution in [0, 0.1) is 6.92 Å². The molecule has 120 valence electrons. The summed E-state index contributed by atoms with van der Waals surface area (Å²) in [5.41, 5.74) is 2.61. The number of rotatable bonds is 5. The standard InChI is InChI=1S/C15H16N4O2S2/c1-4-5-9-13(23-19-18-9)14(20)17-15-16-11-10(21-3)7-6-8(2)12(11)22-15/h6-7H,4-5H2,1-3H3,(H,16,17,20). The SMILES string of the molecule is CCCc1nnsc1C(=O)Nc1nc2c(OC)ccc(C)c2s1. The first-order valence-electron chi connectivity index (χ1n) is 7.20. The fraction of sp³-hybridized carbons (Fsp3) is 0.333. The minimum absolute atomic E-state index is 0.209. The number of aromatic nitrogens is 3. The smallest absolute Gasteiger partial charge is 0.271 e. The number of fused-ring (bicyclic) bond motifs is 1. The van der Waals surface area contributed by atoms with E-state index in [-0.39, 0.29) is 5.91 Å². The van der Waals surface area contributed by atoms with Crippen molar-refractivity contribution in [2.45, 2.75) is 26.7 Å². The molecule has 23 heavy (non-hydrogen) atoms. The van der Waals surface area contributed by atoms with E-state index >= 15 is 0 Å². The summed E-state index contributed by atoms with van der Waals surface area (Å²) in [7, 11) is 1.61. The molecular weight excluding hydrogens is 332 g/mol. The summed E-state index contributed by atoms with van der Waals surface area (Å²) in [5.74, 6) is 0.493. The number of benzene rings is 1. The van der Waals surface area contributed by atoms with Crippen LogP contribution in [0.5, 0.6) is 5.75 Å². The summed E-state index contributed by atoms with van der Waals surface area (Å²) in [5, 5.41) is 7.43. The summed E-state index contributed by atoms with van der Waals surface area (Å²) in [6, 6.07) is 3.87. The summed E-state index contributed by atoms with van der Waals surface area (Å²) < 4.78 is 10.2. The van der Waals surface area contributed by atoms with Crippen LogP contribution in [0.25, 0.3) is 10.2 Å². The molecule has 0 bridgehead atoms. The van der Waals surface area contributed by atoms with Gasteiger partial charge in [-0.05, 0) is 36.5 Å². The van der Waals surface area contributed by atoms with Gasteiger partial charge in [-0.3, -0.25) is 10.1 Å². The summed E-state index contributed by atoms with van der Waals surface area (Å²) in [6.45, 7) is 4.06. The van der Waals surface area contributed by atoms with Crippen LogP contribution in [-0.4, -0.2) is 27.6 Å². The number of hydrogen-bond acceptors (Lipinski definition) is 7. The number of thiazole rings is 1. The molecule has 1 amide bonds. The maximum Gasteiger partial charge on any atom is 0.271 e. The summed E-state index contributed by atoms with van der Waals surface area (Å²) in [4.78, 5) is 17.5. The lowest BCUT2D eigenvalue weighted by molar-refractivity contribution is 0.102. The molecule has 0 aliphatic carbocycles. The van der Waals surface area contributed by atoms with E-state index in [2.05, 4.69) is 19.9 Å². The predicted octanol–water partition coefficient (Wildman–Crippen LogP) is 3.67. The summed E-state index contributed by atoms with van der Waals surface area (Å²) >= 11 is 2.55. The Morgan fingerprint density at radius 3 is 2.96 bits per heavy atom. The van der Waals surface area contributed by atoms with Gasteiger partial charge in [-0.1, -0.05) is 35.2 Å². The van der Waals surface area contributed by atoms with Crippen molar-refractivity contribution < 1.29 is 9.53 Å². The Bertz CT molecular complexity index is 856. The zero-order chi connectivity index (χ0) is 16.4. The second-order valence-electron chi connectivity index (χ2n) is 5.03. The van der Waals surface area contributed by atoms with E-state index < -0.39 is 0 Å². The van der Waals surface area contributed by atoms with Crippen molar-refractivity contribution in [2.75, 3.05) is 12.4 Å². The number of ether oxygens (including phenoxy) is 1.